The summed E-state index contributed by atoms with van der Waals surface area (Å²) in [6.07, 6.45) is 0.935. The van der Waals surface area contributed by atoms with Gasteiger partial charge in [0.05, 0.1) is 11.7 Å². The van der Waals surface area contributed by atoms with Crippen LogP contribution in [0, 0.1) is 5.92 Å². The molecule has 0 atom stereocenters. The van der Waals surface area contributed by atoms with Crippen LogP contribution >= 0.6 is 0 Å². The molecule has 1 saturated heterocycles. The van der Waals surface area contributed by atoms with Gasteiger partial charge in [-0.2, -0.15) is 4.98 Å². The number of sulfonamides is 1. The first-order chi connectivity index (χ1) is 11.1. The third-order valence-corrected chi connectivity index (χ3v) is 5.90. The van der Waals surface area contributed by atoms with Crippen molar-refractivity contribution in [3.05, 3.63) is 11.7 Å². The van der Waals surface area contributed by atoms with Gasteiger partial charge in [0.15, 0.2) is 12.4 Å². The maximum atomic E-state index is 12.1. The smallest absolute Gasteiger partial charge is 0.309 e. The van der Waals surface area contributed by atoms with Gasteiger partial charge < -0.3 is 9.26 Å². The minimum Gasteiger partial charge on any atom is -0.455 e. The van der Waals surface area contributed by atoms with E-state index in [-0.39, 0.29) is 35.6 Å². The Morgan fingerprint density at radius 3 is 2.46 bits per heavy atom. The van der Waals surface area contributed by atoms with Crippen molar-refractivity contribution in [1.29, 1.82) is 0 Å². The van der Waals surface area contributed by atoms with Gasteiger partial charge in [0.1, 0.15) is 0 Å². The van der Waals surface area contributed by atoms with Crippen LogP contribution in [0.3, 0.4) is 0 Å². The van der Waals surface area contributed by atoms with Gasteiger partial charge in [-0.3, -0.25) is 4.79 Å². The first kappa shape index (κ1) is 18.9. The zero-order chi connectivity index (χ0) is 18.0. The Balaban J connectivity index is 1.83. The fourth-order valence-corrected chi connectivity index (χ4v) is 3.55. The maximum absolute atomic E-state index is 12.1. The summed E-state index contributed by atoms with van der Waals surface area (Å²) in [4.78, 5) is 16.3. The van der Waals surface area contributed by atoms with E-state index in [0.717, 1.165) is 0 Å². The lowest BCUT2D eigenvalue weighted by Gasteiger charge is -2.29. The number of nitrogens with zero attached hydrogens (tertiary/aromatic N) is 3. The van der Waals surface area contributed by atoms with E-state index in [2.05, 4.69) is 10.1 Å². The lowest BCUT2D eigenvalue weighted by atomic mass is 9.96. The number of aromatic nitrogens is 2. The monoisotopic (exact) mass is 359 g/mol. The number of piperidine rings is 1. The molecule has 24 heavy (non-hydrogen) atoms. The third kappa shape index (κ3) is 4.54. The molecule has 0 saturated carbocycles. The molecule has 1 aliphatic rings. The largest absolute Gasteiger partial charge is 0.455 e. The number of ether oxygens (including phenoxy) is 1. The predicted octanol–water partition coefficient (Wildman–Crippen LogP) is 1.47. The zero-order valence-corrected chi connectivity index (χ0v) is 15.4. The number of hydrogen-bond donors (Lipinski definition) is 0. The third-order valence-electron chi connectivity index (χ3n) is 4.02. The minimum atomic E-state index is -3.19. The second-order valence-corrected chi connectivity index (χ2v) is 9.20. The molecule has 2 heterocycles. The topological polar surface area (TPSA) is 103 Å². The number of esters is 1. The van der Waals surface area contributed by atoms with Crippen LogP contribution in [0.5, 0.6) is 0 Å². The van der Waals surface area contributed by atoms with Crippen LogP contribution in [-0.2, 0) is 31.6 Å². The van der Waals surface area contributed by atoms with Crippen LogP contribution in [0.25, 0.3) is 0 Å². The van der Waals surface area contributed by atoms with Crippen molar-refractivity contribution < 1.29 is 22.5 Å². The SMILES string of the molecule is CCS(=O)(=O)N1CCC(C(=O)OCc2nc(C(C)(C)C)no2)CC1. The molecular formula is C15H25N3O5S. The summed E-state index contributed by atoms with van der Waals surface area (Å²) < 4.78 is 35.4. The molecule has 1 aliphatic heterocycles. The normalized spacial score (nSPS) is 17.8. The minimum absolute atomic E-state index is 0.0601. The second-order valence-electron chi connectivity index (χ2n) is 6.94. The van der Waals surface area contributed by atoms with Crippen LogP contribution in [0.4, 0.5) is 0 Å². The van der Waals surface area contributed by atoms with E-state index in [0.29, 0.717) is 31.8 Å². The molecule has 0 amide bonds. The highest BCUT2D eigenvalue weighted by molar-refractivity contribution is 7.89. The van der Waals surface area contributed by atoms with Gasteiger partial charge in [0.2, 0.25) is 10.0 Å². The molecule has 0 unspecified atom stereocenters. The summed E-state index contributed by atoms with van der Waals surface area (Å²) in [5.74, 6) is 0.262. The quantitative estimate of drug-likeness (QED) is 0.733. The maximum Gasteiger partial charge on any atom is 0.309 e. The van der Waals surface area contributed by atoms with E-state index >= 15 is 0 Å². The van der Waals surface area contributed by atoms with Crippen molar-refractivity contribution >= 4 is 16.0 Å². The molecule has 0 aromatic carbocycles. The Labute approximate surface area is 142 Å². The average Bonchev–Trinajstić information content (AvgIpc) is 3.02. The Kier molecular flexibility index (Phi) is 5.64. The van der Waals surface area contributed by atoms with Crippen LogP contribution in [0.15, 0.2) is 4.52 Å². The van der Waals surface area contributed by atoms with Crippen LogP contribution in [0.2, 0.25) is 0 Å². The van der Waals surface area contributed by atoms with Gasteiger partial charge in [0, 0.05) is 18.5 Å². The Bertz CT molecular complexity index is 670. The Morgan fingerprint density at radius 1 is 1.33 bits per heavy atom. The molecule has 136 valence electrons. The van der Waals surface area contributed by atoms with Crippen LogP contribution in [0.1, 0.15) is 52.3 Å². The van der Waals surface area contributed by atoms with Crippen molar-refractivity contribution in [3.8, 4) is 0 Å². The van der Waals surface area contributed by atoms with Crippen molar-refractivity contribution in [2.45, 2.75) is 52.6 Å². The Hall–Kier alpha value is -1.48. The van der Waals surface area contributed by atoms with Crippen molar-refractivity contribution in [2.75, 3.05) is 18.8 Å². The molecular weight excluding hydrogens is 334 g/mol. The predicted molar refractivity (Wildman–Crippen MR) is 86.6 cm³/mol. The van der Waals surface area contributed by atoms with Gasteiger partial charge in [-0.25, -0.2) is 12.7 Å². The van der Waals surface area contributed by atoms with Gasteiger partial charge >= 0.3 is 5.97 Å². The Morgan fingerprint density at radius 2 is 1.96 bits per heavy atom. The molecule has 0 bridgehead atoms. The van der Waals surface area contributed by atoms with E-state index in [1.165, 1.54) is 4.31 Å². The summed E-state index contributed by atoms with van der Waals surface area (Å²) in [7, 11) is -3.19. The number of carbonyl (C=O) groups is 1. The summed E-state index contributed by atoms with van der Waals surface area (Å²) >= 11 is 0. The highest BCUT2D eigenvalue weighted by Gasteiger charge is 2.31. The summed E-state index contributed by atoms with van der Waals surface area (Å²) in [5, 5.41) is 3.87. The van der Waals surface area contributed by atoms with Crippen molar-refractivity contribution in [2.24, 2.45) is 5.92 Å². The van der Waals surface area contributed by atoms with E-state index in [1.54, 1.807) is 6.92 Å². The molecule has 0 radical (unpaired) electrons. The van der Waals surface area contributed by atoms with Crippen LogP contribution < -0.4 is 0 Å². The number of rotatable bonds is 5. The molecule has 8 nitrogen and oxygen atoms in total. The van der Waals surface area contributed by atoms with E-state index in [4.69, 9.17) is 9.26 Å². The van der Waals surface area contributed by atoms with Gasteiger partial charge in [0.25, 0.3) is 5.89 Å². The first-order valence-corrected chi connectivity index (χ1v) is 9.72. The highest BCUT2D eigenvalue weighted by atomic mass is 32.2. The molecule has 1 aromatic heterocycles. The lowest BCUT2D eigenvalue weighted by molar-refractivity contribution is -0.152. The van der Waals surface area contributed by atoms with Crippen molar-refractivity contribution in [3.63, 3.8) is 0 Å². The van der Waals surface area contributed by atoms with E-state index < -0.39 is 10.0 Å². The second kappa shape index (κ2) is 7.18. The van der Waals surface area contributed by atoms with Gasteiger partial charge in [-0.05, 0) is 19.8 Å². The summed E-state index contributed by atoms with van der Waals surface area (Å²) in [6.45, 7) is 8.15. The number of hydrogen-bond acceptors (Lipinski definition) is 7. The molecule has 1 aromatic rings. The zero-order valence-electron chi connectivity index (χ0n) is 14.6. The molecule has 2 rings (SSSR count). The molecule has 0 N–H and O–H groups in total. The summed E-state index contributed by atoms with van der Waals surface area (Å²) in [5.41, 5.74) is -0.233. The lowest BCUT2D eigenvalue weighted by Crippen LogP contribution is -2.41. The van der Waals surface area contributed by atoms with Crippen LogP contribution in [-0.4, -0.2) is 47.7 Å². The van der Waals surface area contributed by atoms with Gasteiger partial charge in [-0.15, -0.1) is 0 Å². The number of carbonyl (C=O) groups excluding carboxylic acids is 1. The van der Waals surface area contributed by atoms with E-state index in [1.807, 2.05) is 20.8 Å². The average molecular weight is 359 g/mol. The first-order valence-electron chi connectivity index (χ1n) is 8.11. The van der Waals surface area contributed by atoms with Gasteiger partial charge in [-0.1, -0.05) is 25.9 Å². The molecule has 0 aliphatic carbocycles. The van der Waals surface area contributed by atoms with Crippen molar-refractivity contribution in [1.82, 2.24) is 14.4 Å². The molecule has 0 spiro atoms. The standard InChI is InChI=1S/C15H25N3O5S/c1-5-24(20,21)18-8-6-11(7-9-18)13(19)22-10-12-16-14(17-23-12)15(2,3)4/h11H,5-10H2,1-4H3. The molecule has 1 fully saturated rings. The molecule has 9 heteroatoms. The fourth-order valence-electron chi connectivity index (χ4n) is 2.42. The fraction of sp³-hybridized carbons (Fsp3) is 0.800. The summed E-state index contributed by atoms with van der Waals surface area (Å²) in [6, 6.07) is 0. The highest BCUT2D eigenvalue weighted by Crippen LogP contribution is 2.22. The van der Waals surface area contributed by atoms with E-state index in [9.17, 15) is 13.2 Å².